The molecule has 1 nitrogen and oxygen atoms in total. The van der Waals surface area contributed by atoms with Crippen LogP contribution in [0.1, 0.15) is 26.7 Å². The monoisotopic (exact) mass is 171 g/mol. The number of alkyl halides is 1. The molecule has 0 radical (unpaired) electrons. The Bertz CT molecular complexity index is 64.1. The standard InChI is InChI=1S/C6H14ClN.ClH/c1-3-4-6(2,8)5-7;/h3-5,8H2,1-2H3;1H/t6-;/m0./s1. The molecule has 9 heavy (non-hydrogen) atoms. The highest BCUT2D eigenvalue weighted by Crippen LogP contribution is 2.09. The molecule has 0 amide bonds. The minimum Gasteiger partial charge on any atom is -0.324 e. The predicted octanol–water partition coefficient (Wildman–Crippen LogP) is 2.16. The zero-order valence-electron chi connectivity index (χ0n) is 5.98. The molecule has 0 spiro atoms. The molecule has 0 aliphatic carbocycles. The highest BCUT2D eigenvalue weighted by Gasteiger charge is 2.13. The van der Waals surface area contributed by atoms with Gasteiger partial charge >= 0.3 is 0 Å². The van der Waals surface area contributed by atoms with Crippen molar-refractivity contribution in [2.45, 2.75) is 32.2 Å². The molecule has 1 atom stereocenters. The summed E-state index contributed by atoms with van der Waals surface area (Å²) < 4.78 is 0. The Kier molecular flexibility index (Phi) is 7.25. The summed E-state index contributed by atoms with van der Waals surface area (Å²) in [7, 11) is 0. The number of halogens is 2. The van der Waals surface area contributed by atoms with Gasteiger partial charge in [-0.15, -0.1) is 24.0 Å². The van der Waals surface area contributed by atoms with Crippen molar-refractivity contribution in [1.82, 2.24) is 0 Å². The minimum atomic E-state index is -0.143. The zero-order chi connectivity index (χ0) is 6.62. The Morgan fingerprint density at radius 3 is 2.11 bits per heavy atom. The van der Waals surface area contributed by atoms with Crippen LogP contribution in [0.25, 0.3) is 0 Å². The number of rotatable bonds is 3. The summed E-state index contributed by atoms with van der Waals surface area (Å²) in [6.45, 7) is 4.08. The van der Waals surface area contributed by atoms with Gasteiger partial charge in [0.05, 0.1) is 0 Å². The van der Waals surface area contributed by atoms with Gasteiger partial charge in [-0.1, -0.05) is 13.3 Å². The first-order chi connectivity index (χ1) is 3.62. The second-order valence-corrected chi connectivity index (χ2v) is 2.80. The van der Waals surface area contributed by atoms with Crippen molar-refractivity contribution in [2.24, 2.45) is 5.73 Å². The summed E-state index contributed by atoms with van der Waals surface area (Å²) in [5, 5.41) is 0. The lowest BCUT2D eigenvalue weighted by Crippen LogP contribution is -2.37. The molecule has 0 unspecified atom stereocenters. The van der Waals surface area contributed by atoms with E-state index in [1.807, 2.05) is 6.92 Å². The van der Waals surface area contributed by atoms with E-state index < -0.39 is 0 Å². The summed E-state index contributed by atoms with van der Waals surface area (Å²) in [5.74, 6) is 0.556. The van der Waals surface area contributed by atoms with Crippen molar-refractivity contribution in [2.75, 3.05) is 5.88 Å². The third kappa shape index (κ3) is 6.42. The SMILES string of the molecule is CCC[C@](C)(N)CCl.Cl. The van der Waals surface area contributed by atoms with Gasteiger partial charge in [0.25, 0.3) is 0 Å². The Hall–Kier alpha value is 0.540. The minimum absolute atomic E-state index is 0. The van der Waals surface area contributed by atoms with Crippen LogP contribution in [-0.2, 0) is 0 Å². The molecular formula is C6H15Cl2N. The molecule has 0 fully saturated rings. The van der Waals surface area contributed by atoms with Crippen LogP contribution in [0.15, 0.2) is 0 Å². The maximum Gasteiger partial charge on any atom is 0.0401 e. The van der Waals surface area contributed by atoms with Crippen molar-refractivity contribution in [3.05, 3.63) is 0 Å². The summed E-state index contributed by atoms with van der Waals surface area (Å²) in [6.07, 6.45) is 2.12. The highest BCUT2D eigenvalue weighted by molar-refractivity contribution is 6.18. The van der Waals surface area contributed by atoms with Crippen LogP contribution < -0.4 is 5.73 Å². The van der Waals surface area contributed by atoms with E-state index in [1.165, 1.54) is 0 Å². The van der Waals surface area contributed by atoms with Crippen molar-refractivity contribution in [1.29, 1.82) is 0 Å². The molecule has 2 N–H and O–H groups in total. The van der Waals surface area contributed by atoms with Gasteiger partial charge in [0.15, 0.2) is 0 Å². The van der Waals surface area contributed by atoms with Gasteiger partial charge in [0.1, 0.15) is 0 Å². The van der Waals surface area contributed by atoms with Gasteiger partial charge in [-0.3, -0.25) is 0 Å². The third-order valence-electron chi connectivity index (χ3n) is 1.13. The average Bonchev–Trinajstić information content (AvgIpc) is 1.67. The lowest BCUT2D eigenvalue weighted by Gasteiger charge is -2.19. The first kappa shape index (κ1) is 12.2. The first-order valence-corrected chi connectivity index (χ1v) is 3.50. The number of hydrogen-bond acceptors (Lipinski definition) is 1. The van der Waals surface area contributed by atoms with Crippen LogP contribution in [0.2, 0.25) is 0 Å². The van der Waals surface area contributed by atoms with E-state index in [1.54, 1.807) is 0 Å². The highest BCUT2D eigenvalue weighted by atomic mass is 35.5. The van der Waals surface area contributed by atoms with Crippen LogP contribution in [0.5, 0.6) is 0 Å². The number of nitrogens with two attached hydrogens (primary N) is 1. The third-order valence-corrected chi connectivity index (χ3v) is 1.74. The Balaban J connectivity index is 0. The van der Waals surface area contributed by atoms with Crippen LogP contribution in [-0.4, -0.2) is 11.4 Å². The van der Waals surface area contributed by atoms with Gasteiger partial charge < -0.3 is 5.73 Å². The van der Waals surface area contributed by atoms with Crippen molar-refractivity contribution in [3.8, 4) is 0 Å². The van der Waals surface area contributed by atoms with E-state index in [9.17, 15) is 0 Å². The van der Waals surface area contributed by atoms with Gasteiger partial charge in [-0.25, -0.2) is 0 Å². The van der Waals surface area contributed by atoms with Gasteiger partial charge in [0, 0.05) is 11.4 Å². The molecule has 0 aromatic heterocycles. The second-order valence-electron chi connectivity index (χ2n) is 2.54. The Morgan fingerprint density at radius 2 is 2.00 bits per heavy atom. The molecule has 3 heteroatoms. The van der Waals surface area contributed by atoms with Crippen molar-refractivity contribution >= 4 is 24.0 Å². The van der Waals surface area contributed by atoms with E-state index in [-0.39, 0.29) is 17.9 Å². The van der Waals surface area contributed by atoms with Gasteiger partial charge in [-0.05, 0) is 13.3 Å². The van der Waals surface area contributed by atoms with E-state index in [0.717, 1.165) is 12.8 Å². The fraction of sp³-hybridized carbons (Fsp3) is 1.00. The van der Waals surface area contributed by atoms with Gasteiger partial charge in [-0.2, -0.15) is 0 Å². The molecular weight excluding hydrogens is 157 g/mol. The lowest BCUT2D eigenvalue weighted by molar-refractivity contribution is 0.476. The summed E-state index contributed by atoms with van der Waals surface area (Å²) in [6, 6.07) is 0. The molecule has 0 aliphatic rings. The van der Waals surface area contributed by atoms with Crippen LogP contribution >= 0.6 is 24.0 Å². The van der Waals surface area contributed by atoms with Crippen molar-refractivity contribution < 1.29 is 0 Å². The largest absolute Gasteiger partial charge is 0.324 e. The second kappa shape index (κ2) is 5.33. The fourth-order valence-corrected chi connectivity index (χ4v) is 0.772. The summed E-state index contributed by atoms with van der Waals surface area (Å²) >= 11 is 5.55. The lowest BCUT2D eigenvalue weighted by atomic mass is 10.0. The predicted molar refractivity (Wildman–Crippen MR) is 45.5 cm³/mol. The van der Waals surface area contributed by atoms with E-state index in [2.05, 4.69) is 6.92 Å². The topological polar surface area (TPSA) is 26.0 Å². The molecule has 0 bridgehead atoms. The van der Waals surface area contributed by atoms with E-state index in [0.29, 0.717) is 5.88 Å². The smallest absolute Gasteiger partial charge is 0.0401 e. The Labute approximate surface area is 68.4 Å². The normalized spacial score (nSPS) is 16.0. The molecule has 58 valence electrons. The molecule has 0 heterocycles. The maximum atomic E-state index is 5.69. The molecule has 0 saturated heterocycles. The van der Waals surface area contributed by atoms with Crippen molar-refractivity contribution in [3.63, 3.8) is 0 Å². The number of hydrogen-bond donors (Lipinski definition) is 1. The van der Waals surface area contributed by atoms with Gasteiger partial charge in [0.2, 0.25) is 0 Å². The summed E-state index contributed by atoms with van der Waals surface area (Å²) in [4.78, 5) is 0. The van der Waals surface area contributed by atoms with Crippen LogP contribution in [0.4, 0.5) is 0 Å². The molecule has 0 aromatic carbocycles. The quantitative estimate of drug-likeness (QED) is 0.648. The average molecular weight is 172 g/mol. The molecule has 0 rings (SSSR count). The van der Waals surface area contributed by atoms with E-state index >= 15 is 0 Å². The van der Waals surface area contributed by atoms with Crippen LogP contribution in [0, 0.1) is 0 Å². The molecule has 0 aromatic rings. The fourth-order valence-electron chi connectivity index (χ4n) is 0.638. The first-order valence-electron chi connectivity index (χ1n) is 2.97. The van der Waals surface area contributed by atoms with Crippen LogP contribution in [0.3, 0.4) is 0 Å². The Morgan fingerprint density at radius 1 is 1.56 bits per heavy atom. The molecule has 0 aliphatic heterocycles. The van der Waals surface area contributed by atoms with E-state index in [4.69, 9.17) is 17.3 Å². The summed E-state index contributed by atoms with van der Waals surface area (Å²) in [5.41, 5.74) is 5.55. The zero-order valence-corrected chi connectivity index (χ0v) is 7.56. The maximum absolute atomic E-state index is 5.69. The molecule has 0 saturated carbocycles.